The number of nitrogens with one attached hydrogen (secondary N) is 1. The summed E-state index contributed by atoms with van der Waals surface area (Å²) in [6.45, 7) is 0.00834. The summed E-state index contributed by atoms with van der Waals surface area (Å²) in [6, 6.07) is 12.0. The topological polar surface area (TPSA) is 75.6 Å². The largest absolute Gasteiger partial charge is 0.482 e. The fourth-order valence-electron chi connectivity index (χ4n) is 2.06. The van der Waals surface area contributed by atoms with Gasteiger partial charge in [0.2, 0.25) is 0 Å². The van der Waals surface area contributed by atoms with Crippen molar-refractivity contribution in [3.63, 3.8) is 0 Å². The van der Waals surface area contributed by atoms with Gasteiger partial charge in [-0.3, -0.25) is 4.79 Å². The highest BCUT2D eigenvalue weighted by atomic mass is 16.5. The zero-order valence-electron chi connectivity index (χ0n) is 10.4. The SMILES string of the molecule is O=C1COc2cc(-c3ccc(C(=O)O)cc3)ccc2N1. The molecule has 0 atom stereocenters. The number of carboxylic acids is 1. The summed E-state index contributed by atoms with van der Waals surface area (Å²) in [5.41, 5.74) is 2.68. The molecule has 0 saturated carbocycles. The molecule has 20 heavy (non-hydrogen) atoms. The second-order valence-corrected chi connectivity index (χ2v) is 4.43. The second-order valence-electron chi connectivity index (χ2n) is 4.43. The molecule has 1 amide bonds. The van der Waals surface area contributed by atoms with Gasteiger partial charge >= 0.3 is 5.97 Å². The van der Waals surface area contributed by atoms with Gasteiger partial charge in [-0.15, -0.1) is 0 Å². The van der Waals surface area contributed by atoms with Crippen molar-refractivity contribution in [1.82, 2.24) is 0 Å². The standard InChI is InChI=1S/C15H11NO4/c17-14-8-20-13-7-11(5-6-12(13)16-14)9-1-3-10(4-2-9)15(18)19/h1-7H,8H2,(H,16,17)(H,18,19). The van der Waals surface area contributed by atoms with Crippen LogP contribution in [-0.2, 0) is 4.79 Å². The number of anilines is 1. The van der Waals surface area contributed by atoms with Gasteiger partial charge in [0, 0.05) is 0 Å². The Balaban J connectivity index is 1.94. The zero-order chi connectivity index (χ0) is 14.1. The number of hydrogen-bond donors (Lipinski definition) is 2. The molecule has 0 aliphatic carbocycles. The third-order valence-electron chi connectivity index (χ3n) is 3.08. The van der Waals surface area contributed by atoms with E-state index in [2.05, 4.69) is 5.32 Å². The monoisotopic (exact) mass is 269 g/mol. The number of carboxylic acid groups (broad SMARTS) is 1. The van der Waals surface area contributed by atoms with Crippen LogP contribution in [0.4, 0.5) is 5.69 Å². The molecule has 5 nitrogen and oxygen atoms in total. The Kier molecular flexibility index (Phi) is 2.87. The van der Waals surface area contributed by atoms with Crippen LogP contribution < -0.4 is 10.1 Å². The number of benzene rings is 2. The van der Waals surface area contributed by atoms with Gasteiger partial charge in [0.05, 0.1) is 11.3 Å². The van der Waals surface area contributed by atoms with Gasteiger partial charge in [-0.05, 0) is 35.4 Å². The van der Waals surface area contributed by atoms with Gasteiger partial charge in [0.15, 0.2) is 6.61 Å². The first-order valence-electron chi connectivity index (χ1n) is 6.04. The lowest BCUT2D eigenvalue weighted by molar-refractivity contribution is -0.118. The van der Waals surface area contributed by atoms with E-state index in [1.807, 2.05) is 12.1 Å². The molecule has 100 valence electrons. The summed E-state index contributed by atoms with van der Waals surface area (Å²) in [4.78, 5) is 22.0. The molecule has 0 radical (unpaired) electrons. The molecule has 0 bridgehead atoms. The minimum atomic E-state index is -0.951. The van der Waals surface area contributed by atoms with E-state index in [1.165, 1.54) is 0 Å². The highest BCUT2D eigenvalue weighted by Gasteiger charge is 2.16. The van der Waals surface area contributed by atoms with Crippen molar-refractivity contribution < 1.29 is 19.4 Å². The summed E-state index contributed by atoms with van der Waals surface area (Å²) in [6.07, 6.45) is 0. The molecule has 0 unspecified atom stereocenters. The van der Waals surface area contributed by atoms with Crippen molar-refractivity contribution in [2.45, 2.75) is 0 Å². The van der Waals surface area contributed by atoms with Crippen LogP contribution in [0.5, 0.6) is 5.75 Å². The van der Waals surface area contributed by atoms with Gasteiger partial charge in [-0.2, -0.15) is 0 Å². The van der Waals surface area contributed by atoms with Crippen LogP contribution in [0.15, 0.2) is 42.5 Å². The van der Waals surface area contributed by atoms with E-state index in [1.54, 1.807) is 30.3 Å². The smallest absolute Gasteiger partial charge is 0.335 e. The van der Waals surface area contributed by atoms with Crippen molar-refractivity contribution in [1.29, 1.82) is 0 Å². The lowest BCUT2D eigenvalue weighted by Gasteiger charge is -2.18. The number of rotatable bonds is 2. The van der Waals surface area contributed by atoms with Crippen molar-refractivity contribution in [3.05, 3.63) is 48.0 Å². The Labute approximate surface area is 114 Å². The number of carbonyl (C=O) groups excluding carboxylic acids is 1. The third kappa shape index (κ3) is 2.21. The van der Waals surface area contributed by atoms with Crippen molar-refractivity contribution in [2.75, 3.05) is 11.9 Å². The molecule has 0 fully saturated rings. The predicted octanol–water partition coefficient (Wildman–Crippen LogP) is 2.38. The lowest BCUT2D eigenvalue weighted by Crippen LogP contribution is -2.25. The Morgan fingerprint density at radius 1 is 1.10 bits per heavy atom. The Bertz CT molecular complexity index is 692. The number of carbonyl (C=O) groups is 2. The summed E-state index contributed by atoms with van der Waals surface area (Å²) in [5.74, 6) is -0.506. The molecule has 0 aromatic heterocycles. The number of hydrogen-bond acceptors (Lipinski definition) is 3. The molecule has 3 rings (SSSR count). The van der Waals surface area contributed by atoms with Crippen LogP contribution in [0.25, 0.3) is 11.1 Å². The molecular weight excluding hydrogens is 258 g/mol. The van der Waals surface area contributed by atoms with E-state index in [0.717, 1.165) is 11.1 Å². The molecule has 1 aliphatic rings. The van der Waals surface area contributed by atoms with Crippen LogP contribution in [0.1, 0.15) is 10.4 Å². The first kappa shape index (κ1) is 12.2. The van der Waals surface area contributed by atoms with Gasteiger partial charge in [0.1, 0.15) is 5.75 Å². The molecule has 2 aromatic rings. The fourth-order valence-corrected chi connectivity index (χ4v) is 2.06. The molecule has 2 N–H and O–H groups in total. The number of amides is 1. The maximum atomic E-state index is 11.2. The van der Waals surface area contributed by atoms with Crippen LogP contribution >= 0.6 is 0 Å². The number of ether oxygens (including phenoxy) is 1. The normalized spacial score (nSPS) is 13.1. The summed E-state index contributed by atoms with van der Waals surface area (Å²) < 4.78 is 5.35. The summed E-state index contributed by atoms with van der Waals surface area (Å²) in [7, 11) is 0. The van der Waals surface area contributed by atoms with E-state index in [0.29, 0.717) is 11.4 Å². The highest BCUT2D eigenvalue weighted by molar-refractivity contribution is 5.96. The van der Waals surface area contributed by atoms with Crippen LogP contribution in [0.3, 0.4) is 0 Å². The van der Waals surface area contributed by atoms with E-state index < -0.39 is 5.97 Å². The lowest BCUT2D eigenvalue weighted by atomic mass is 10.0. The second kappa shape index (κ2) is 4.70. The van der Waals surface area contributed by atoms with Crippen molar-refractivity contribution in [2.24, 2.45) is 0 Å². The molecule has 0 saturated heterocycles. The maximum Gasteiger partial charge on any atom is 0.335 e. The highest BCUT2D eigenvalue weighted by Crippen LogP contribution is 2.32. The molecular formula is C15H11NO4. The van der Waals surface area contributed by atoms with Gasteiger partial charge in [-0.1, -0.05) is 18.2 Å². The molecule has 5 heteroatoms. The third-order valence-corrected chi connectivity index (χ3v) is 3.08. The van der Waals surface area contributed by atoms with E-state index in [-0.39, 0.29) is 18.1 Å². The summed E-state index contributed by atoms with van der Waals surface area (Å²) >= 11 is 0. The molecule has 1 aliphatic heterocycles. The maximum absolute atomic E-state index is 11.2. The first-order chi connectivity index (χ1) is 9.63. The quantitative estimate of drug-likeness (QED) is 0.877. The van der Waals surface area contributed by atoms with Crippen molar-refractivity contribution >= 4 is 17.6 Å². The van der Waals surface area contributed by atoms with Crippen LogP contribution in [0.2, 0.25) is 0 Å². The van der Waals surface area contributed by atoms with Crippen LogP contribution in [-0.4, -0.2) is 23.6 Å². The number of aromatic carboxylic acids is 1. The Morgan fingerprint density at radius 2 is 1.80 bits per heavy atom. The molecule has 0 spiro atoms. The number of fused-ring (bicyclic) bond motifs is 1. The van der Waals surface area contributed by atoms with Gasteiger partial charge in [0.25, 0.3) is 5.91 Å². The fraction of sp³-hybridized carbons (Fsp3) is 0.0667. The van der Waals surface area contributed by atoms with Gasteiger partial charge < -0.3 is 15.2 Å². The average molecular weight is 269 g/mol. The predicted molar refractivity (Wildman–Crippen MR) is 73.0 cm³/mol. The van der Waals surface area contributed by atoms with Crippen molar-refractivity contribution in [3.8, 4) is 16.9 Å². The van der Waals surface area contributed by atoms with E-state index in [4.69, 9.17) is 9.84 Å². The Hall–Kier alpha value is -2.82. The Morgan fingerprint density at radius 3 is 2.50 bits per heavy atom. The minimum absolute atomic E-state index is 0.00834. The summed E-state index contributed by atoms with van der Waals surface area (Å²) in [5, 5.41) is 11.6. The molecule has 1 heterocycles. The van der Waals surface area contributed by atoms with Crippen LogP contribution in [0, 0.1) is 0 Å². The van der Waals surface area contributed by atoms with Gasteiger partial charge in [-0.25, -0.2) is 4.79 Å². The van der Waals surface area contributed by atoms with E-state index >= 15 is 0 Å². The zero-order valence-corrected chi connectivity index (χ0v) is 10.4. The average Bonchev–Trinajstić information content (AvgIpc) is 2.47. The van der Waals surface area contributed by atoms with E-state index in [9.17, 15) is 9.59 Å². The minimum Gasteiger partial charge on any atom is -0.482 e. The first-order valence-corrected chi connectivity index (χ1v) is 6.04. The molecule has 2 aromatic carbocycles.